The number of rotatable bonds is 4. The number of hydrogen-bond acceptors (Lipinski definition) is 5. The molecule has 0 unspecified atom stereocenters. The van der Waals surface area contributed by atoms with Gasteiger partial charge < -0.3 is 5.32 Å². The zero-order chi connectivity index (χ0) is 12.3. The lowest BCUT2D eigenvalue weighted by Crippen LogP contribution is -1.97. The molecule has 0 bridgehead atoms. The van der Waals surface area contributed by atoms with E-state index in [4.69, 9.17) is 0 Å². The van der Waals surface area contributed by atoms with Crippen LogP contribution >= 0.6 is 23.1 Å². The maximum Gasteiger partial charge on any atom is 0.210 e. The van der Waals surface area contributed by atoms with Crippen molar-refractivity contribution in [3.8, 4) is 0 Å². The average molecular weight is 265 g/mol. The van der Waals surface area contributed by atoms with Crippen LogP contribution in [0.3, 0.4) is 0 Å². The molecule has 0 amide bonds. The molecule has 0 saturated carbocycles. The Morgan fingerprint density at radius 2 is 2.18 bits per heavy atom. The summed E-state index contributed by atoms with van der Waals surface area (Å²) in [5.41, 5.74) is 3.72. The summed E-state index contributed by atoms with van der Waals surface area (Å²) < 4.78 is 0.985. The van der Waals surface area contributed by atoms with Crippen molar-refractivity contribution in [2.24, 2.45) is 0 Å². The van der Waals surface area contributed by atoms with Crippen molar-refractivity contribution >= 4 is 33.9 Å². The first-order chi connectivity index (χ1) is 8.24. The minimum atomic E-state index is 0.860. The molecule has 3 nitrogen and oxygen atoms in total. The van der Waals surface area contributed by atoms with Crippen molar-refractivity contribution in [2.75, 3.05) is 11.6 Å². The summed E-state index contributed by atoms with van der Waals surface area (Å²) in [5, 5.41) is 12.5. The zero-order valence-corrected chi connectivity index (χ0v) is 11.8. The van der Waals surface area contributed by atoms with Crippen LogP contribution < -0.4 is 5.32 Å². The standard InChI is InChI=1S/C12H15N3S2/c1-4-9-7-5-6-8(2)10(9)13-11-14-15-12(16-3)17-11/h5-7H,4H2,1-3H3,(H,13,14). The molecule has 0 aliphatic heterocycles. The molecule has 0 atom stereocenters. The molecule has 0 spiro atoms. The number of benzene rings is 1. The second-order valence-electron chi connectivity index (χ2n) is 3.66. The topological polar surface area (TPSA) is 37.8 Å². The predicted octanol–water partition coefficient (Wildman–Crippen LogP) is 3.87. The molecular weight excluding hydrogens is 250 g/mol. The minimum absolute atomic E-state index is 0.860. The maximum absolute atomic E-state index is 4.14. The molecule has 2 rings (SSSR count). The maximum atomic E-state index is 4.14. The lowest BCUT2D eigenvalue weighted by molar-refractivity contribution is 1.01. The van der Waals surface area contributed by atoms with E-state index in [-0.39, 0.29) is 0 Å². The number of nitrogens with one attached hydrogen (secondary N) is 1. The third-order valence-corrected chi connectivity index (χ3v) is 4.37. The Morgan fingerprint density at radius 3 is 2.82 bits per heavy atom. The Balaban J connectivity index is 2.28. The number of para-hydroxylation sites is 1. The van der Waals surface area contributed by atoms with Crippen LogP contribution in [-0.2, 0) is 6.42 Å². The molecule has 90 valence electrons. The Hall–Kier alpha value is -1.07. The van der Waals surface area contributed by atoms with Crippen LogP contribution in [0.5, 0.6) is 0 Å². The van der Waals surface area contributed by atoms with Gasteiger partial charge >= 0.3 is 0 Å². The van der Waals surface area contributed by atoms with Crippen molar-refractivity contribution < 1.29 is 0 Å². The number of hydrogen-bond donors (Lipinski definition) is 1. The molecular formula is C12H15N3S2. The van der Waals surface area contributed by atoms with Gasteiger partial charge in [0.25, 0.3) is 0 Å². The highest BCUT2D eigenvalue weighted by molar-refractivity contribution is 8.00. The molecule has 1 N–H and O–H groups in total. The lowest BCUT2D eigenvalue weighted by Gasteiger charge is -2.11. The SMILES string of the molecule is CCc1cccc(C)c1Nc1nnc(SC)s1. The molecule has 0 saturated heterocycles. The van der Waals surface area contributed by atoms with Gasteiger partial charge in [-0.3, -0.25) is 0 Å². The second kappa shape index (κ2) is 5.51. The second-order valence-corrected chi connectivity index (χ2v) is 5.70. The summed E-state index contributed by atoms with van der Waals surface area (Å²) in [4.78, 5) is 0. The molecule has 0 aliphatic carbocycles. The van der Waals surface area contributed by atoms with E-state index in [2.05, 4.69) is 47.6 Å². The van der Waals surface area contributed by atoms with E-state index in [0.717, 1.165) is 15.9 Å². The molecule has 1 aromatic heterocycles. The number of aromatic nitrogens is 2. The minimum Gasteiger partial charge on any atom is -0.330 e. The Bertz CT molecular complexity index is 508. The monoisotopic (exact) mass is 265 g/mol. The lowest BCUT2D eigenvalue weighted by atomic mass is 10.1. The quantitative estimate of drug-likeness (QED) is 0.851. The summed E-state index contributed by atoms with van der Waals surface area (Å²) in [7, 11) is 0. The van der Waals surface area contributed by atoms with Gasteiger partial charge in [0, 0.05) is 5.69 Å². The van der Waals surface area contributed by atoms with Crippen molar-refractivity contribution in [3.05, 3.63) is 29.3 Å². The van der Waals surface area contributed by atoms with E-state index >= 15 is 0 Å². The largest absolute Gasteiger partial charge is 0.330 e. The first-order valence-electron chi connectivity index (χ1n) is 5.47. The van der Waals surface area contributed by atoms with Crippen LogP contribution in [-0.4, -0.2) is 16.5 Å². The smallest absolute Gasteiger partial charge is 0.210 e. The zero-order valence-electron chi connectivity index (χ0n) is 10.2. The Morgan fingerprint density at radius 1 is 1.35 bits per heavy atom. The van der Waals surface area contributed by atoms with E-state index in [0.29, 0.717) is 0 Å². The van der Waals surface area contributed by atoms with Crippen LogP contribution in [0.4, 0.5) is 10.8 Å². The number of aryl methyl sites for hydroxylation is 2. The van der Waals surface area contributed by atoms with Crippen molar-refractivity contribution in [3.63, 3.8) is 0 Å². The van der Waals surface area contributed by atoms with Gasteiger partial charge in [0.15, 0.2) is 4.34 Å². The van der Waals surface area contributed by atoms with Crippen molar-refractivity contribution in [1.29, 1.82) is 0 Å². The van der Waals surface area contributed by atoms with Gasteiger partial charge in [0.05, 0.1) is 0 Å². The normalized spacial score (nSPS) is 10.5. The first-order valence-corrected chi connectivity index (χ1v) is 7.51. The van der Waals surface area contributed by atoms with Crippen molar-refractivity contribution in [2.45, 2.75) is 24.6 Å². The predicted molar refractivity (Wildman–Crippen MR) is 75.5 cm³/mol. The average Bonchev–Trinajstić information content (AvgIpc) is 2.79. The van der Waals surface area contributed by atoms with Gasteiger partial charge in [0.1, 0.15) is 0 Å². The summed E-state index contributed by atoms with van der Waals surface area (Å²) in [6.07, 6.45) is 3.02. The number of thioether (sulfide) groups is 1. The van der Waals surface area contributed by atoms with Gasteiger partial charge in [0.2, 0.25) is 5.13 Å². The molecule has 0 radical (unpaired) electrons. The highest BCUT2D eigenvalue weighted by Crippen LogP contribution is 2.29. The van der Waals surface area contributed by atoms with Crippen LogP contribution in [0.1, 0.15) is 18.1 Å². The van der Waals surface area contributed by atoms with Gasteiger partial charge in [-0.1, -0.05) is 48.2 Å². The highest BCUT2D eigenvalue weighted by Gasteiger charge is 2.08. The van der Waals surface area contributed by atoms with E-state index in [1.807, 2.05) is 6.26 Å². The number of anilines is 2. The van der Waals surface area contributed by atoms with Gasteiger partial charge in [-0.2, -0.15) is 0 Å². The van der Waals surface area contributed by atoms with Gasteiger partial charge in [-0.25, -0.2) is 0 Å². The fourth-order valence-corrected chi connectivity index (χ4v) is 2.83. The molecule has 0 fully saturated rings. The summed E-state index contributed by atoms with van der Waals surface area (Å²) in [5.74, 6) is 0. The molecule has 0 aliphatic rings. The third-order valence-electron chi connectivity index (χ3n) is 2.55. The third kappa shape index (κ3) is 2.79. The van der Waals surface area contributed by atoms with Crippen LogP contribution in [0.15, 0.2) is 22.5 Å². The number of nitrogens with zero attached hydrogens (tertiary/aromatic N) is 2. The molecule has 2 aromatic rings. The fraction of sp³-hybridized carbons (Fsp3) is 0.333. The van der Waals surface area contributed by atoms with E-state index < -0.39 is 0 Å². The van der Waals surface area contributed by atoms with Crippen LogP contribution in [0.25, 0.3) is 0 Å². The molecule has 17 heavy (non-hydrogen) atoms. The van der Waals surface area contributed by atoms with Crippen LogP contribution in [0, 0.1) is 6.92 Å². The highest BCUT2D eigenvalue weighted by atomic mass is 32.2. The summed E-state index contributed by atoms with van der Waals surface area (Å²) in [6, 6.07) is 6.34. The van der Waals surface area contributed by atoms with Gasteiger partial charge in [-0.15, -0.1) is 10.2 Å². The Kier molecular flexibility index (Phi) is 4.02. The van der Waals surface area contributed by atoms with Crippen LogP contribution in [0.2, 0.25) is 0 Å². The van der Waals surface area contributed by atoms with E-state index in [9.17, 15) is 0 Å². The fourth-order valence-electron chi connectivity index (χ4n) is 1.65. The van der Waals surface area contributed by atoms with Gasteiger partial charge in [-0.05, 0) is 30.7 Å². The Labute approximate surface area is 110 Å². The van der Waals surface area contributed by atoms with E-state index in [1.54, 1.807) is 23.1 Å². The van der Waals surface area contributed by atoms with E-state index in [1.165, 1.54) is 16.8 Å². The first kappa shape index (κ1) is 12.4. The molecule has 5 heteroatoms. The summed E-state index contributed by atoms with van der Waals surface area (Å²) >= 11 is 3.20. The van der Waals surface area contributed by atoms with Crippen molar-refractivity contribution in [1.82, 2.24) is 10.2 Å². The molecule has 1 heterocycles. The molecule has 1 aromatic carbocycles. The summed E-state index contributed by atoms with van der Waals surface area (Å²) in [6.45, 7) is 4.27.